The molecule has 3 unspecified atom stereocenters. The maximum absolute atomic E-state index is 6.69. The summed E-state index contributed by atoms with van der Waals surface area (Å²) in [5, 5.41) is 3.55. The molecule has 365 valence electrons. The van der Waals surface area contributed by atoms with Crippen molar-refractivity contribution in [2.75, 3.05) is 19.8 Å². The van der Waals surface area contributed by atoms with Crippen molar-refractivity contribution in [3.05, 3.63) is 91.4 Å². The molecule has 3 aromatic carbocycles. The van der Waals surface area contributed by atoms with E-state index >= 15 is 0 Å². The molecule has 3 aromatic heterocycles. The second-order valence-corrected chi connectivity index (χ2v) is 37.5. The molecule has 3 radical (unpaired) electrons. The zero-order chi connectivity index (χ0) is 49.3. The third kappa shape index (κ3) is 13.7. The first-order valence-electron chi connectivity index (χ1n) is 24.1. The summed E-state index contributed by atoms with van der Waals surface area (Å²) in [6, 6.07) is 28.0. The van der Waals surface area contributed by atoms with Crippen LogP contribution in [0.2, 0.25) is 39.3 Å². The number of hydrogen-bond donors (Lipinski definition) is 0. The van der Waals surface area contributed by atoms with Crippen molar-refractivity contribution < 1.29 is 27.5 Å². The fourth-order valence-electron chi connectivity index (χ4n) is 8.54. The Hall–Kier alpha value is -2.43. The molecule has 0 saturated heterocycles. The molecule has 0 saturated carbocycles. The van der Waals surface area contributed by atoms with Crippen LogP contribution >= 0.6 is 0 Å². The molecule has 6 rings (SSSR count). The van der Waals surface area contributed by atoms with E-state index in [4.69, 9.17) is 27.5 Å². The van der Waals surface area contributed by atoms with E-state index in [-0.39, 0.29) is 16.2 Å². The van der Waals surface area contributed by atoms with Crippen LogP contribution in [0.15, 0.2) is 91.4 Å². The molecule has 9 nitrogen and oxygen atoms in total. The van der Waals surface area contributed by atoms with E-state index in [1.165, 1.54) is 26.0 Å². The Morgan fingerprint density at radius 3 is 0.866 bits per heavy atom. The Balaban J connectivity index is 1.47. The van der Waals surface area contributed by atoms with Crippen molar-refractivity contribution in [2.45, 2.75) is 159 Å². The zero-order valence-corrected chi connectivity index (χ0v) is 50.6. The molecule has 6 aromatic rings. The number of fused-ring (bicyclic) bond motifs is 3. The van der Waals surface area contributed by atoms with Gasteiger partial charge in [0.1, 0.15) is 0 Å². The minimum absolute atomic E-state index is 0.158. The Morgan fingerprint density at radius 1 is 0.388 bits per heavy atom. The number of hydrogen-bond acceptors (Lipinski definition) is 6. The van der Waals surface area contributed by atoms with E-state index < -0.39 is 66.6 Å². The third-order valence-electron chi connectivity index (χ3n) is 12.0. The Morgan fingerprint density at radius 2 is 0.642 bits per heavy atom. The summed E-state index contributed by atoms with van der Waals surface area (Å²) in [5.41, 5.74) is 3.78. The summed E-state index contributed by atoms with van der Waals surface area (Å²) in [6.07, 6.45) is 9.25. The number of aromatic nitrogens is 3. The van der Waals surface area contributed by atoms with Crippen molar-refractivity contribution in [3.63, 3.8) is 0 Å². The van der Waals surface area contributed by atoms with Gasteiger partial charge in [0, 0.05) is 0 Å². The Kier molecular flexibility index (Phi) is 17.0. The summed E-state index contributed by atoms with van der Waals surface area (Å²) in [6.45, 7) is 41.4. The van der Waals surface area contributed by atoms with Gasteiger partial charge in [-0.2, -0.15) is 0 Å². The average molecular weight is 1160 g/mol. The van der Waals surface area contributed by atoms with E-state index in [9.17, 15) is 0 Å². The SMILES string of the molecule is C[Si](C)OC(C)(OCCC(C)(C)C)n1ccc2c[c]([Bi]([c]3ccc4c(ccn4C(C)(OCCC(C)(C)C)O[Si](C)C)c3)[c]3ccc4c(ccn4C(C)(OCCC(C)(C)C)O[Si](C)C)c3)ccc21. The molecule has 0 amide bonds. The van der Waals surface area contributed by atoms with E-state index in [2.05, 4.69) is 227 Å². The van der Waals surface area contributed by atoms with Gasteiger partial charge in [-0.1, -0.05) is 0 Å². The minimum atomic E-state index is -3.06. The molecule has 0 bridgehead atoms. The van der Waals surface area contributed by atoms with Crippen LogP contribution in [0.3, 0.4) is 0 Å². The van der Waals surface area contributed by atoms with Crippen LogP contribution in [0.5, 0.6) is 0 Å². The number of benzene rings is 3. The Bertz CT molecular complexity index is 2300. The van der Waals surface area contributed by atoms with Crippen LogP contribution in [-0.2, 0) is 45.2 Å². The van der Waals surface area contributed by atoms with E-state index in [1.54, 1.807) is 0 Å². The van der Waals surface area contributed by atoms with Crippen molar-refractivity contribution in [3.8, 4) is 0 Å². The maximum atomic E-state index is 6.69. The molecule has 13 heteroatoms. The Labute approximate surface area is 416 Å². The van der Waals surface area contributed by atoms with Crippen LogP contribution in [0.1, 0.15) is 102 Å². The summed E-state index contributed by atoms with van der Waals surface area (Å²) in [5.74, 6) is -2.74. The fraction of sp³-hybridized carbons (Fsp3) is 0.556. The van der Waals surface area contributed by atoms with Gasteiger partial charge in [-0.05, 0) is 0 Å². The molecule has 0 fully saturated rings. The molecule has 0 spiro atoms. The molecular weight excluding hydrogens is 1080 g/mol. The molecular formula is C54H81BiN3O6Si3. The standard InChI is InChI=1S/3C18H27NO2Si.Bi/c3*1-17(2,3)12-14-20-18(4,21-22(5)6)19-13-11-15-9-7-8-10-16(15)19;/h3*8-11,13H,12,14H2,1-6H3;. The number of nitrogens with zero attached hydrogens (tertiary/aromatic N) is 3. The third-order valence-corrected chi connectivity index (χ3v) is 23.6. The van der Waals surface area contributed by atoms with Crippen LogP contribution in [0, 0.1) is 16.2 Å². The van der Waals surface area contributed by atoms with Crippen LogP contribution in [0.25, 0.3) is 32.7 Å². The van der Waals surface area contributed by atoms with Gasteiger partial charge in [-0.25, -0.2) is 0 Å². The normalized spacial score (nSPS) is 16.0. The second kappa shape index (κ2) is 21.1. The number of ether oxygens (including phenoxy) is 3. The van der Waals surface area contributed by atoms with Gasteiger partial charge in [0.25, 0.3) is 0 Å². The van der Waals surface area contributed by atoms with Crippen molar-refractivity contribution in [2.24, 2.45) is 16.2 Å². The molecule has 3 atom stereocenters. The molecule has 0 aliphatic rings. The van der Waals surface area contributed by atoms with Crippen LogP contribution in [0.4, 0.5) is 0 Å². The van der Waals surface area contributed by atoms with Crippen molar-refractivity contribution in [1.29, 1.82) is 0 Å². The first-order valence-corrected chi connectivity index (χ1v) is 36.6. The molecule has 67 heavy (non-hydrogen) atoms. The summed E-state index contributed by atoms with van der Waals surface area (Å²) >= 11 is -3.06. The summed E-state index contributed by atoms with van der Waals surface area (Å²) in [4.78, 5) is 0. The molecule has 0 N–H and O–H groups in total. The van der Waals surface area contributed by atoms with Gasteiger partial charge in [-0.3, -0.25) is 0 Å². The monoisotopic (exact) mass is 1160 g/mol. The number of rotatable bonds is 21. The van der Waals surface area contributed by atoms with Gasteiger partial charge >= 0.3 is 419 Å². The van der Waals surface area contributed by atoms with Gasteiger partial charge < -0.3 is 0 Å². The van der Waals surface area contributed by atoms with Gasteiger partial charge in [-0.15, -0.1) is 0 Å². The van der Waals surface area contributed by atoms with E-state index in [0.717, 1.165) is 35.8 Å². The zero-order valence-electron chi connectivity index (χ0n) is 44.1. The summed E-state index contributed by atoms with van der Waals surface area (Å²) in [7, 11) is -3.28. The first-order chi connectivity index (χ1) is 31.1. The van der Waals surface area contributed by atoms with Gasteiger partial charge in [0.05, 0.1) is 0 Å². The van der Waals surface area contributed by atoms with E-state index in [1.807, 2.05) is 0 Å². The fourth-order valence-corrected chi connectivity index (χ4v) is 20.5. The van der Waals surface area contributed by atoms with Gasteiger partial charge in [0.2, 0.25) is 0 Å². The topological polar surface area (TPSA) is 70.2 Å². The van der Waals surface area contributed by atoms with Crippen LogP contribution < -0.4 is 9.81 Å². The summed E-state index contributed by atoms with van der Waals surface area (Å²) < 4.78 is 50.9. The molecule has 0 aliphatic carbocycles. The predicted octanol–water partition coefficient (Wildman–Crippen LogP) is 12.1. The molecule has 3 heterocycles. The quantitative estimate of drug-likeness (QED) is 0.0528. The van der Waals surface area contributed by atoms with Gasteiger partial charge in [0.15, 0.2) is 0 Å². The van der Waals surface area contributed by atoms with Crippen LogP contribution in [-0.4, -0.2) is 82.4 Å². The predicted molar refractivity (Wildman–Crippen MR) is 287 cm³/mol. The van der Waals surface area contributed by atoms with E-state index in [0.29, 0.717) is 19.8 Å². The van der Waals surface area contributed by atoms with Crippen molar-refractivity contribution in [1.82, 2.24) is 13.7 Å². The molecule has 0 aliphatic heterocycles. The first kappa shape index (κ1) is 53.9. The second-order valence-electron chi connectivity index (χ2n) is 22.8. The van der Waals surface area contributed by atoms with Crippen molar-refractivity contribution >= 4 is 91.4 Å². The average Bonchev–Trinajstić information content (AvgIpc) is 3.93.